The van der Waals surface area contributed by atoms with E-state index in [1.165, 1.54) is 12.1 Å². The molecule has 0 fully saturated rings. The highest BCUT2D eigenvalue weighted by molar-refractivity contribution is 7.85. The molecular formula is C25H17F3N2O5S. The molecule has 1 aromatic heterocycles. The summed E-state index contributed by atoms with van der Waals surface area (Å²) in [6.45, 7) is -0.0673. The van der Waals surface area contributed by atoms with Crippen LogP contribution in [-0.2, 0) is 22.9 Å². The third-order valence-corrected chi connectivity index (χ3v) is 6.42. The van der Waals surface area contributed by atoms with Crippen LogP contribution in [0.15, 0.2) is 77.7 Å². The molecule has 4 aromatic carbocycles. The minimum Gasteiger partial charge on any atom is -0.507 e. The Hall–Kier alpha value is -4.09. The summed E-state index contributed by atoms with van der Waals surface area (Å²) < 4.78 is 76.8. The van der Waals surface area contributed by atoms with Crippen LogP contribution in [0.5, 0.6) is 11.5 Å². The van der Waals surface area contributed by atoms with Crippen molar-refractivity contribution in [1.29, 1.82) is 0 Å². The molecule has 0 saturated carbocycles. The zero-order valence-corrected chi connectivity index (χ0v) is 19.1. The predicted octanol–water partition coefficient (Wildman–Crippen LogP) is 5.93. The van der Waals surface area contributed by atoms with Gasteiger partial charge in [-0.2, -0.15) is 21.6 Å². The number of imidazole rings is 1. The maximum Gasteiger partial charge on any atom is 0.416 e. The van der Waals surface area contributed by atoms with Crippen LogP contribution in [0.25, 0.3) is 33.2 Å². The topological polar surface area (TPSA) is 113 Å². The Morgan fingerprint density at radius 2 is 1.75 bits per heavy atom. The average molecular weight is 514 g/mol. The van der Waals surface area contributed by atoms with E-state index in [9.17, 15) is 31.2 Å². The van der Waals surface area contributed by atoms with Crippen molar-refractivity contribution in [2.75, 3.05) is 0 Å². The van der Waals surface area contributed by atoms with E-state index in [0.717, 1.165) is 18.2 Å². The molecule has 1 heterocycles. The molecule has 0 amide bonds. The van der Waals surface area contributed by atoms with E-state index in [2.05, 4.69) is 9.97 Å². The number of aromatic hydroxyl groups is 1. The number of nitrogens with one attached hydrogen (secondary N) is 1. The standard InChI is InChI=1S/C25H17F3N2O5S/c26-25(27,28)17-5-1-3-14(9-17)13-35-18-6-2-4-16(10-18)24-29-20-8-7-15-11-19(36(32,33)34)12-21(31)22(15)23(20)30-24/h1-12,31H,13H2,(H,29,30)(H,32,33,34). The van der Waals surface area contributed by atoms with Gasteiger partial charge < -0.3 is 14.8 Å². The number of hydrogen-bond donors (Lipinski definition) is 3. The molecule has 0 saturated heterocycles. The monoisotopic (exact) mass is 514 g/mol. The number of rotatable bonds is 5. The van der Waals surface area contributed by atoms with Gasteiger partial charge in [0.1, 0.15) is 29.4 Å². The molecule has 0 unspecified atom stereocenters. The first-order chi connectivity index (χ1) is 17.0. The van der Waals surface area contributed by atoms with Crippen molar-refractivity contribution in [3.63, 3.8) is 0 Å². The number of fused-ring (bicyclic) bond motifs is 3. The smallest absolute Gasteiger partial charge is 0.416 e. The second-order valence-electron chi connectivity index (χ2n) is 8.08. The SMILES string of the molecule is O=S(=O)(O)c1cc(O)c2c(ccc3[nH]c(-c4cccc(OCc5cccc(C(F)(F)F)c5)c4)nc32)c1. The lowest BCUT2D eigenvalue weighted by Gasteiger charge is -2.10. The molecule has 11 heteroatoms. The molecule has 0 aliphatic heterocycles. The quantitative estimate of drug-likeness (QED) is 0.251. The fraction of sp³-hybridized carbons (Fsp3) is 0.0800. The van der Waals surface area contributed by atoms with Crippen LogP contribution >= 0.6 is 0 Å². The van der Waals surface area contributed by atoms with Crippen LogP contribution in [0, 0.1) is 0 Å². The zero-order valence-electron chi connectivity index (χ0n) is 18.2. The summed E-state index contributed by atoms with van der Waals surface area (Å²) in [5.74, 6) is 0.484. The Labute approximate surface area is 202 Å². The Morgan fingerprint density at radius 3 is 2.50 bits per heavy atom. The molecule has 5 rings (SSSR count). The minimum absolute atomic E-state index is 0.0673. The normalized spacial score (nSPS) is 12.3. The number of alkyl halides is 3. The Balaban J connectivity index is 1.46. The van der Waals surface area contributed by atoms with Crippen LogP contribution in [0.1, 0.15) is 11.1 Å². The van der Waals surface area contributed by atoms with Gasteiger partial charge in [0, 0.05) is 11.6 Å². The third-order valence-electron chi connectivity index (χ3n) is 5.58. The lowest BCUT2D eigenvalue weighted by Crippen LogP contribution is -2.06. The summed E-state index contributed by atoms with van der Waals surface area (Å²) in [4.78, 5) is 7.25. The molecule has 7 nitrogen and oxygen atoms in total. The summed E-state index contributed by atoms with van der Waals surface area (Å²) in [7, 11) is -4.51. The van der Waals surface area contributed by atoms with Gasteiger partial charge in [0.15, 0.2) is 0 Å². The maximum absolute atomic E-state index is 12.9. The summed E-state index contributed by atoms with van der Waals surface area (Å²) in [5.41, 5.74) is 1.19. The minimum atomic E-state index is -4.51. The van der Waals surface area contributed by atoms with Crippen molar-refractivity contribution in [1.82, 2.24) is 9.97 Å². The number of ether oxygens (including phenoxy) is 1. The van der Waals surface area contributed by atoms with Crippen molar-refractivity contribution < 1.29 is 36.0 Å². The molecule has 0 radical (unpaired) electrons. The first-order valence-electron chi connectivity index (χ1n) is 10.5. The number of phenolic OH excluding ortho intramolecular Hbond substituents is 1. The van der Waals surface area contributed by atoms with Crippen molar-refractivity contribution in [3.8, 4) is 22.9 Å². The number of H-pyrrole nitrogens is 1. The number of hydrogen-bond acceptors (Lipinski definition) is 5. The summed E-state index contributed by atoms with van der Waals surface area (Å²) >= 11 is 0. The number of aromatic amines is 1. The molecule has 0 aliphatic carbocycles. The van der Waals surface area contributed by atoms with E-state index in [-0.39, 0.29) is 12.4 Å². The predicted molar refractivity (Wildman–Crippen MR) is 126 cm³/mol. The Morgan fingerprint density at radius 1 is 0.972 bits per heavy atom. The van der Waals surface area contributed by atoms with Crippen molar-refractivity contribution in [2.24, 2.45) is 0 Å². The number of aromatic nitrogens is 2. The highest BCUT2D eigenvalue weighted by Gasteiger charge is 2.30. The molecule has 0 bridgehead atoms. The van der Waals surface area contributed by atoms with E-state index in [1.54, 1.807) is 42.5 Å². The van der Waals surface area contributed by atoms with Crippen LogP contribution in [-0.4, -0.2) is 28.0 Å². The third kappa shape index (κ3) is 4.58. The van der Waals surface area contributed by atoms with Crippen molar-refractivity contribution in [3.05, 3.63) is 83.9 Å². The van der Waals surface area contributed by atoms with Gasteiger partial charge in [-0.3, -0.25) is 4.55 Å². The van der Waals surface area contributed by atoms with Gasteiger partial charge in [0.25, 0.3) is 10.1 Å². The molecule has 0 aliphatic rings. The number of benzene rings is 4. The summed E-state index contributed by atoms with van der Waals surface area (Å²) in [5, 5.41) is 11.1. The molecule has 5 aromatic rings. The van der Waals surface area contributed by atoms with Gasteiger partial charge in [0.05, 0.1) is 21.4 Å². The fourth-order valence-electron chi connectivity index (χ4n) is 3.91. The summed E-state index contributed by atoms with van der Waals surface area (Å²) in [6, 6.07) is 17.1. The van der Waals surface area contributed by atoms with Crippen molar-refractivity contribution >= 4 is 31.9 Å². The van der Waals surface area contributed by atoms with Gasteiger partial charge in [-0.05, 0) is 47.3 Å². The first-order valence-corrected chi connectivity index (χ1v) is 12.0. The van der Waals surface area contributed by atoms with Gasteiger partial charge >= 0.3 is 6.18 Å². The van der Waals surface area contributed by atoms with Gasteiger partial charge in [-0.1, -0.05) is 30.3 Å². The van der Waals surface area contributed by atoms with Crippen LogP contribution in [0.3, 0.4) is 0 Å². The Kier molecular flexibility index (Phi) is 5.61. The van der Waals surface area contributed by atoms with Gasteiger partial charge in [-0.15, -0.1) is 0 Å². The zero-order chi connectivity index (χ0) is 25.7. The largest absolute Gasteiger partial charge is 0.507 e. The average Bonchev–Trinajstić information content (AvgIpc) is 3.26. The van der Waals surface area contributed by atoms with Crippen LogP contribution < -0.4 is 4.74 Å². The van der Waals surface area contributed by atoms with E-state index in [1.807, 2.05) is 0 Å². The fourth-order valence-corrected chi connectivity index (χ4v) is 4.44. The van der Waals surface area contributed by atoms with Crippen LogP contribution in [0.4, 0.5) is 13.2 Å². The number of phenols is 1. The number of halogens is 3. The van der Waals surface area contributed by atoms with Crippen LogP contribution in [0.2, 0.25) is 0 Å². The highest BCUT2D eigenvalue weighted by Crippen LogP contribution is 2.35. The molecule has 184 valence electrons. The maximum atomic E-state index is 12.9. The second-order valence-corrected chi connectivity index (χ2v) is 9.50. The lowest BCUT2D eigenvalue weighted by molar-refractivity contribution is -0.137. The molecular weight excluding hydrogens is 497 g/mol. The van der Waals surface area contributed by atoms with E-state index in [4.69, 9.17) is 4.74 Å². The van der Waals surface area contributed by atoms with Crippen molar-refractivity contribution in [2.45, 2.75) is 17.7 Å². The molecule has 36 heavy (non-hydrogen) atoms. The van der Waals surface area contributed by atoms with E-state index < -0.39 is 26.8 Å². The Bertz CT molecular complexity index is 1730. The number of nitrogens with zero attached hydrogens (tertiary/aromatic N) is 1. The van der Waals surface area contributed by atoms with Gasteiger partial charge in [-0.25, -0.2) is 4.98 Å². The molecule has 3 N–H and O–H groups in total. The molecule has 0 atom stereocenters. The van der Waals surface area contributed by atoms with E-state index in [0.29, 0.717) is 44.5 Å². The van der Waals surface area contributed by atoms with Gasteiger partial charge in [0.2, 0.25) is 0 Å². The second kappa shape index (κ2) is 8.54. The summed E-state index contributed by atoms with van der Waals surface area (Å²) in [6.07, 6.45) is -4.44. The highest BCUT2D eigenvalue weighted by atomic mass is 32.2. The lowest BCUT2D eigenvalue weighted by atomic mass is 10.1. The molecule has 0 spiro atoms. The first kappa shape index (κ1) is 23.6. The van der Waals surface area contributed by atoms with E-state index >= 15 is 0 Å².